The first kappa shape index (κ1) is 24.4. The van der Waals surface area contributed by atoms with E-state index >= 15 is 0 Å². The number of benzene rings is 2. The number of rotatable bonds is 5. The number of fused-ring (bicyclic) bond motifs is 3. The average Bonchev–Trinajstić information content (AvgIpc) is 3.33. The zero-order valence-electron chi connectivity index (χ0n) is 20.3. The SMILES string of the molecule is Cc1c(C#N)cccc1C(C)Nc1nc2nccn2c2ccc(N3CCN(CC(F)(F)F)C(=O)C3)cc12. The van der Waals surface area contributed by atoms with Crippen molar-refractivity contribution in [3.63, 3.8) is 0 Å². The van der Waals surface area contributed by atoms with Crippen LogP contribution in [0.3, 0.4) is 0 Å². The van der Waals surface area contributed by atoms with E-state index in [0.29, 0.717) is 22.8 Å². The third-order valence-corrected chi connectivity index (χ3v) is 6.70. The van der Waals surface area contributed by atoms with Gasteiger partial charge in [0, 0.05) is 36.6 Å². The van der Waals surface area contributed by atoms with E-state index in [-0.39, 0.29) is 25.7 Å². The maximum absolute atomic E-state index is 12.8. The minimum Gasteiger partial charge on any atom is -0.363 e. The molecule has 5 rings (SSSR count). The first-order chi connectivity index (χ1) is 17.6. The van der Waals surface area contributed by atoms with Gasteiger partial charge in [0.1, 0.15) is 12.4 Å². The number of imidazole rings is 1. The Kier molecular flexibility index (Phi) is 6.11. The highest BCUT2D eigenvalue weighted by Crippen LogP contribution is 2.32. The summed E-state index contributed by atoms with van der Waals surface area (Å²) in [4.78, 5) is 24.1. The van der Waals surface area contributed by atoms with Crippen LogP contribution in [0.1, 0.15) is 29.7 Å². The second-order valence-electron chi connectivity index (χ2n) is 9.11. The van der Waals surface area contributed by atoms with Gasteiger partial charge in [0.2, 0.25) is 11.7 Å². The lowest BCUT2D eigenvalue weighted by molar-refractivity contribution is -0.161. The van der Waals surface area contributed by atoms with Crippen molar-refractivity contribution in [3.8, 4) is 6.07 Å². The Morgan fingerprint density at radius 1 is 1.22 bits per heavy atom. The van der Waals surface area contributed by atoms with Crippen molar-refractivity contribution in [2.75, 3.05) is 36.4 Å². The van der Waals surface area contributed by atoms with Gasteiger partial charge < -0.3 is 15.1 Å². The van der Waals surface area contributed by atoms with Crippen LogP contribution in [0.5, 0.6) is 0 Å². The van der Waals surface area contributed by atoms with Crippen molar-refractivity contribution in [1.82, 2.24) is 19.3 Å². The van der Waals surface area contributed by atoms with Crippen LogP contribution >= 0.6 is 0 Å². The molecule has 4 aromatic rings. The number of hydrogen-bond donors (Lipinski definition) is 1. The second-order valence-corrected chi connectivity index (χ2v) is 9.11. The third-order valence-electron chi connectivity index (χ3n) is 6.70. The molecule has 0 radical (unpaired) electrons. The number of hydrogen-bond acceptors (Lipinski definition) is 6. The lowest BCUT2D eigenvalue weighted by atomic mass is 9.98. The van der Waals surface area contributed by atoms with E-state index in [1.807, 2.05) is 48.6 Å². The van der Waals surface area contributed by atoms with E-state index in [1.165, 1.54) is 0 Å². The van der Waals surface area contributed by atoms with E-state index < -0.39 is 18.6 Å². The molecule has 2 aromatic heterocycles. The molecule has 1 amide bonds. The summed E-state index contributed by atoms with van der Waals surface area (Å²) in [6.07, 6.45) is -0.968. The van der Waals surface area contributed by atoms with Crippen molar-refractivity contribution in [3.05, 3.63) is 65.5 Å². The molecule has 11 heteroatoms. The molecule has 1 atom stereocenters. The molecule has 8 nitrogen and oxygen atoms in total. The van der Waals surface area contributed by atoms with Gasteiger partial charge in [-0.2, -0.15) is 23.4 Å². The predicted molar refractivity (Wildman–Crippen MR) is 133 cm³/mol. The van der Waals surface area contributed by atoms with Crippen molar-refractivity contribution >= 4 is 34.1 Å². The van der Waals surface area contributed by atoms with Gasteiger partial charge in [-0.1, -0.05) is 12.1 Å². The normalized spacial score (nSPS) is 15.3. The molecule has 190 valence electrons. The second kappa shape index (κ2) is 9.28. The van der Waals surface area contributed by atoms with Gasteiger partial charge >= 0.3 is 6.18 Å². The Morgan fingerprint density at radius 3 is 2.76 bits per heavy atom. The Morgan fingerprint density at radius 2 is 2.03 bits per heavy atom. The molecule has 2 aromatic carbocycles. The van der Waals surface area contributed by atoms with Crippen LogP contribution in [0.15, 0.2) is 48.8 Å². The topological polar surface area (TPSA) is 89.6 Å². The minimum atomic E-state index is -4.43. The summed E-state index contributed by atoms with van der Waals surface area (Å²) in [5.74, 6) is 0.520. The molecule has 0 spiro atoms. The van der Waals surface area contributed by atoms with Crippen LogP contribution in [0, 0.1) is 18.3 Å². The number of aromatic nitrogens is 3. The van der Waals surface area contributed by atoms with Crippen molar-refractivity contribution in [2.24, 2.45) is 0 Å². The van der Waals surface area contributed by atoms with Crippen LogP contribution in [0.2, 0.25) is 0 Å². The maximum atomic E-state index is 12.8. The predicted octanol–water partition coefficient (Wildman–Crippen LogP) is 4.45. The molecule has 1 aliphatic heterocycles. The summed E-state index contributed by atoms with van der Waals surface area (Å²) in [5.41, 5.74) is 3.99. The standard InChI is InChI=1S/C26H24F3N7O/c1-16-18(13-30)4-3-5-20(16)17(2)32-24-21-12-19(6-7-22(21)36-9-8-31-25(36)33-24)34-10-11-35(23(37)14-34)15-26(27,28)29/h3-9,12,17H,10-11,14-15H2,1-2H3,(H,31,32,33). The van der Waals surface area contributed by atoms with Crippen LogP contribution in [0.4, 0.5) is 24.7 Å². The highest BCUT2D eigenvalue weighted by Gasteiger charge is 2.35. The number of piperazine rings is 1. The van der Waals surface area contributed by atoms with Crippen LogP contribution in [0.25, 0.3) is 16.7 Å². The molecule has 0 saturated carbocycles. The molecule has 0 aliphatic carbocycles. The van der Waals surface area contributed by atoms with Gasteiger partial charge in [0.25, 0.3) is 0 Å². The van der Waals surface area contributed by atoms with Gasteiger partial charge in [0.15, 0.2) is 0 Å². The van der Waals surface area contributed by atoms with Crippen LogP contribution in [-0.2, 0) is 4.79 Å². The lowest BCUT2D eigenvalue weighted by Crippen LogP contribution is -2.52. The average molecular weight is 508 g/mol. The van der Waals surface area contributed by atoms with Gasteiger partial charge in [-0.25, -0.2) is 4.98 Å². The molecular formula is C26H24F3N7O. The molecule has 37 heavy (non-hydrogen) atoms. The number of nitrogens with one attached hydrogen (secondary N) is 1. The van der Waals surface area contributed by atoms with E-state index in [2.05, 4.69) is 16.4 Å². The first-order valence-electron chi connectivity index (χ1n) is 11.8. The van der Waals surface area contributed by atoms with E-state index in [9.17, 15) is 23.2 Å². The lowest BCUT2D eigenvalue weighted by Gasteiger charge is -2.36. The maximum Gasteiger partial charge on any atom is 0.406 e. The largest absolute Gasteiger partial charge is 0.406 e. The molecule has 0 bridgehead atoms. The van der Waals surface area contributed by atoms with E-state index in [4.69, 9.17) is 4.98 Å². The fourth-order valence-corrected chi connectivity index (χ4v) is 4.80. The van der Waals surface area contributed by atoms with Gasteiger partial charge in [-0.05, 0) is 49.2 Å². The third kappa shape index (κ3) is 4.74. The Balaban J connectivity index is 1.49. The van der Waals surface area contributed by atoms with E-state index in [0.717, 1.165) is 26.9 Å². The summed E-state index contributed by atoms with van der Waals surface area (Å²) < 4.78 is 40.3. The summed E-state index contributed by atoms with van der Waals surface area (Å²) in [5, 5.41) is 13.6. The van der Waals surface area contributed by atoms with Crippen molar-refractivity contribution < 1.29 is 18.0 Å². The number of nitrogens with zero attached hydrogens (tertiary/aromatic N) is 6. The smallest absolute Gasteiger partial charge is 0.363 e. The molecule has 3 heterocycles. The summed E-state index contributed by atoms with van der Waals surface area (Å²) in [6, 6.07) is 13.2. The molecule has 1 unspecified atom stereocenters. The van der Waals surface area contributed by atoms with Crippen molar-refractivity contribution in [1.29, 1.82) is 5.26 Å². The monoisotopic (exact) mass is 507 g/mol. The molecule has 1 fully saturated rings. The first-order valence-corrected chi connectivity index (χ1v) is 11.8. The number of anilines is 2. The van der Waals surface area contributed by atoms with Gasteiger partial charge in [-0.15, -0.1) is 0 Å². The highest BCUT2D eigenvalue weighted by molar-refractivity contribution is 5.94. The highest BCUT2D eigenvalue weighted by atomic mass is 19.4. The van der Waals surface area contributed by atoms with Crippen molar-refractivity contribution in [2.45, 2.75) is 26.1 Å². The molecule has 1 N–H and O–H groups in total. The number of alkyl halides is 3. The van der Waals surface area contributed by atoms with Crippen LogP contribution < -0.4 is 10.2 Å². The molecule has 1 saturated heterocycles. The quantitative estimate of drug-likeness (QED) is 0.430. The number of amides is 1. The number of halogens is 3. The Hall–Kier alpha value is -4.33. The molecular weight excluding hydrogens is 483 g/mol. The fourth-order valence-electron chi connectivity index (χ4n) is 4.80. The zero-order chi connectivity index (χ0) is 26.3. The van der Waals surface area contributed by atoms with E-state index in [1.54, 1.807) is 23.4 Å². The van der Waals surface area contributed by atoms with Gasteiger partial charge in [0.05, 0.1) is 29.7 Å². The minimum absolute atomic E-state index is 0.00810. The molecule has 1 aliphatic rings. The van der Waals surface area contributed by atoms with Gasteiger partial charge in [-0.3, -0.25) is 9.20 Å². The van der Waals surface area contributed by atoms with Crippen LogP contribution in [-0.4, -0.2) is 57.5 Å². The zero-order valence-corrected chi connectivity index (χ0v) is 20.3. The summed E-state index contributed by atoms with van der Waals surface area (Å²) >= 11 is 0. The number of carbonyl (C=O) groups excluding carboxylic acids is 1. The summed E-state index contributed by atoms with van der Waals surface area (Å²) in [7, 11) is 0. The fraction of sp³-hybridized carbons (Fsp3) is 0.308. The summed E-state index contributed by atoms with van der Waals surface area (Å²) in [6.45, 7) is 2.79. The Labute approximate surface area is 210 Å². The number of carbonyl (C=O) groups is 1. The Bertz CT molecular complexity index is 1540. The number of nitriles is 1.